The summed E-state index contributed by atoms with van der Waals surface area (Å²) in [6, 6.07) is 10.0. The summed E-state index contributed by atoms with van der Waals surface area (Å²) >= 11 is 1.23. The molecule has 4 rings (SSSR count). The molecule has 0 fully saturated rings. The van der Waals surface area contributed by atoms with Gasteiger partial charge in [0.05, 0.1) is 57.4 Å². The highest BCUT2D eigenvalue weighted by atomic mass is 32.1. The number of fused-ring (bicyclic) bond motifs is 1. The van der Waals surface area contributed by atoms with E-state index in [4.69, 9.17) is 23.7 Å². The zero-order valence-corrected chi connectivity index (χ0v) is 21.6. The van der Waals surface area contributed by atoms with Crippen LogP contribution in [0.2, 0.25) is 0 Å². The maximum atomic E-state index is 13.7. The molecule has 3 aromatic rings. The van der Waals surface area contributed by atoms with E-state index in [9.17, 15) is 9.59 Å². The quantitative estimate of drug-likeness (QED) is 0.451. The summed E-state index contributed by atoms with van der Waals surface area (Å²) in [6.45, 7) is 1.74. The number of carbonyl (C=O) groups is 1. The number of ether oxygens (including phenoxy) is 5. The van der Waals surface area contributed by atoms with E-state index in [-0.39, 0.29) is 5.56 Å². The van der Waals surface area contributed by atoms with E-state index < -0.39 is 12.0 Å². The average Bonchev–Trinajstić information content (AvgIpc) is 3.20. The van der Waals surface area contributed by atoms with Crippen LogP contribution in [0.4, 0.5) is 0 Å². The minimum Gasteiger partial charge on any atom is -0.497 e. The van der Waals surface area contributed by atoms with Crippen LogP contribution in [-0.4, -0.2) is 46.1 Å². The van der Waals surface area contributed by atoms with Gasteiger partial charge in [-0.3, -0.25) is 9.36 Å². The maximum Gasteiger partial charge on any atom is 0.338 e. The summed E-state index contributed by atoms with van der Waals surface area (Å²) in [5.74, 6) is 1.51. The number of benzene rings is 2. The van der Waals surface area contributed by atoms with Gasteiger partial charge in [-0.2, -0.15) is 0 Å². The number of esters is 1. The molecule has 1 aliphatic rings. The molecule has 0 radical (unpaired) electrons. The van der Waals surface area contributed by atoms with Crippen LogP contribution in [-0.2, 0) is 9.53 Å². The molecular weight excluding hydrogens is 484 g/mol. The first kappa shape index (κ1) is 25.1. The fourth-order valence-corrected chi connectivity index (χ4v) is 5.18. The molecule has 1 unspecified atom stereocenters. The minimum atomic E-state index is -0.707. The smallest absolute Gasteiger partial charge is 0.338 e. The first-order valence-electron chi connectivity index (χ1n) is 10.9. The number of hydrogen-bond acceptors (Lipinski definition) is 9. The number of nitrogens with zero attached hydrogens (tertiary/aromatic N) is 2. The molecule has 1 atom stereocenters. The molecule has 1 aromatic heterocycles. The van der Waals surface area contributed by atoms with Crippen LogP contribution < -0.4 is 33.8 Å². The van der Waals surface area contributed by atoms with Crippen molar-refractivity contribution in [3.63, 3.8) is 0 Å². The van der Waals surface area contributed by atoms with Crippen LogP contribution in [0, 0.1) is 0 Å². The third-order valence-corrected chi connectivity index (χ3v) is 6.83. The van der Waals surface area contributed by atoms with Crippen molar-refractivity contribution in [2.45, 2.75) is 13.0 Å². The molecule has 0 saturated heterocycles. The van der Waals surface area contributed by atoms with Crippen molar-refractivity contribution in [1.29, 1.82) is 0 Å². The molecule has 2 aromatic carbocycles. The van der Waals surface area contributed by atoms with Crippen molar-refractivity contribution in [1.82, 2.24) is 4.57 Å². The predicted octanol–water partition coefficient (Wildman–Crippen LogP) is 2.44. The Morgan fingerprint density at radius 3 is 2.14 bits per heavy atom. The van der Waals surface area contributed by atoms with Gasteiger partial charge in [0.25, 0.3) is 5.56 Å². The van der Waals surface area contributed by atoms with Crippen LogP contribution in [0.3, 0.4) is 0 Å². The van der Waals surface area contributed by atoms with E-state index in [1.165, 1.54) is 44.3 Å². The van der Waals surface area contributed by atoms with Crippen LogP contribution in [0.5, 0.6) is 23.0 Å². The van der Waals surface area contributed by atoms with E-state index >= 15 is 0 Å². The molecule has 0 amide bonds. The van der Waals surface area contributed by atoms with Crippen molar-refractivity contribution in [3.8, 4) is 23.0 Å². The van der Waals surface area contributed by atoms with Gasteiger partial charge in [-0.1, -0.05) is 23.5 Å². The molecule has 188 valence electrons. The Bertz CT molecular complexity index is 1490. The standard InChI is InChI=1S/C26H26N2O7S/c1-14-21(25(30)35-6)22(16-7-9-17(31-2)10-8-16)28-24(29)20(36-26(28)27-14)13-15-11-18(32-3)23(34-5)19(12-15)33-4/h7-13,22H,1-6H3/b20-13-. The van der Waals surface area contributed by atoms with Crippen molar-refractivity contribution >= 4 is 23.4 Å². The zero-order valence-electron chi connectivity index (χ0n) is 20.8. The van der Waals surface area contributed by atoms with Gasteiger partial charge in [0.15, 0.2) is 16.3 Å². The van der Waals surface area contributed by atoms with Gasteiger partial charge >= 0.3 is 5.97 Å². The van der Waals surface area contributed by atoms with Gasteiger partial charge in [0.1, 0.15) is 5.75 Å². The molecule has 0 saturated carbocycles. The van der Waals surface area contributed by atoms with Crippen LogP contribution >= 0.6 is 11.3 Å². The highest BCUT2D eigenvalue weighted by Gasteiger charge is 2.33. The van der Waals surface area contributed by atoms with Gasteiger partial charge in [-0.05, 0) is 48.4 Å². The van der Waals surface area contributed by atoms with E-state index in [2.05, 4.69) is 4.99 Å². The summed E-state index contributed by atoms with van der Waals surface area (Å²) in [7, 11) is 7.47. The molecule has 0 bridgehead atoms. The Labute approximate surface area is 211 Å². The molecule has 2 heterocycles. The second kappa shape index (κ2) is 10.3. The van der Waals surface area contributed by atoms with Crippen molar-refractivity contribution < 1.29 is 28.5 Å². The highest BCUT2D eigenvalue weighted by Crippen LogP contribution is 2.38. The Kier molecular flexibility index (Phi) is 7.16. The number of carbonyl (C=O) groups excluding carboxylic acids is 1. The van der Waals surface area contributed by atoms with Gasteiger partial charge in [0, 0.05) is 0 Å². The Morgan fingerprint density at radius 2 is 1.61 bits per heavy atom. The minimum absolute atomic E-state index is 0.290. The number of thiazole rings is 1. The summed E-state index contributed by atoms with van der Waals surface area (Å²) < 4.78 is 28.5. The lowest BCUT2D eigenvalue weighted by atomic mass is 9.96. The van der Waals surface area contributed by atoms with Crippen molar-refractivity contribution in [2.75, 3.05) is 35.5 Å². The average molecular weight is 511 g/mol. The molecule has 0 aliphatic carbocycles. The van der Waals surface area contributed by atoms with E-state index in [0.717, 1.165) is 5.56 Å². The molecule has 1 aliphatic heterocycles. The van der Waals surface area contributed by atoms with Crippen molar-refractivity contribution in [2.24, 2.45) is 4.99 Å². The summed E-state index contributed by atoms with van der Waals surface area (Å²) in [5, 5.41) is 0. The number of rotatable bonds is 7. The Hall–Kier alpha value is -4.05. The number of allylic oxidation sites excluding steroid dienone is 1. The van der Waals surface area contributed by atoms with E-state index in [0.29, 0.717) is 49.2 Å². The molecule has 36 heavy (non-hydrogen) atoms. The largest absolute Gasteiger partial charge is 0.497 e. The first-order valence-corrected chi connectivity index (χ1v) is 11.7. The third kappa shape index (κ3) is 4.35. The third-order valence-electron chi connectivity index (χ3n) is 5.84. The van der Waals surface area contributed by atoms with Crippen LogP contribution in [0.1, 0.15) is 24.1 Å². The topological polar surface area (TPSA) is 97.6 Å². The molecule has 9 nitrogen and oxygen atoms in total. The number of methoxy groups -OCH3 is 5. The van der Waals surface area contributed by atoms with Gasteiger partial charge in [-0.15, -0.1) is 0 Å². The van der Waals surface area contributed by atoms with E-state index in [1.807, 2.05) is 12.1 Å². The highest BCUT2D eigenvalue weighted by molar-refractivity contribution is 7.07. The monoisotopic (exact) mass is 510 g/mol. The van der Waals surface area contributed by atoms with Crippen LogP contribution in [0.15, 0.2) is 57.5 Å². The lowest BCUT2D eigenvalue weighted by Crippen LogP contribution is -2.39. The second-order valence-electron chi connectivity index (χ2n) is 7.81. The van der Waals surface area contributed by atoms with Gasteiger partial charge in [-0.25, -0.2) is 9.79 Å². The SMILES string of the molecule is COC(=O)C1=C(C)N=c2s/c(=C\c3cc(OC)c(OC)c(OC)c3)c(=O)n2C1c1ccc(OC)cc1. The lowest BCUT2D eigenvalue weighted by molar-refractivity contribution is -0.136. The van der Waals surface area contributed by atoms with Gasteiger partial charge in [0.2, 0.25) is 5.75 Å². The Morgan fingerprint density at radius 1 is 0.972 bits per heavy atom. The zero-order chi connectivity index (χ0) is 26.0. The second-order valence-corrected chi connectivity index (χ2v) is 8.81. The molecular formula is C26H26N2O7S. The number of hydrogen-bond donors (Lipinski definition) is 0. The van der Waals surface area contributed by atoms with Crippen molar-refractivity contribution in [3.05, 3.63) is 78.5 Å². The van der Waals surface area contributed by atoms with Gasteiger partial charge < -0.3 is 23.7 Å². The fraction of sp³-hybridized carbons (Fsp3) is 0.269. The molecule has 10 heteroatoms. The predicted molar refractivity (Wildman–Crippen MR) is 135 cm³/mol. The maximum absolute atomic E-state index is 13.7. The van der Waals surface area contributed by atoms with Crippen LogP contribution in [0.25, 0.3) is 6.08 Å². The summed E-state index contributed by atoms with van der Waals surface area (Å²) in [6.07, 6.45) is 1.73. The molecule has 0 N–H and O–H groups in total. The number of aromatic nitrogens is 1. The molecule has 0 spiro atoms. The van der Waals surface area contributed by atoms with E-state index in [1.54, 1.807) is 44.4 Å². The summed E-state index contributed by atoms with van der Waals surface area (Å²) in [5.41, 5.74) is 1.91. The summed E-state index contributed by atoms with van der Waals surface area (Å²) in [4.78, 5) is 31.5. The Balaban J connectivity index is 1.94. The lowest BCUT2D eigenvalue weighted by Gasteiger charge is -2.24. The first-order chi connectivity index (χ1) is 17.4. The normalized spacial score (nSPS) is 15.2. The fourth-order valence-electron chi connectivity index (χ4n) is 4.13.